The van der Waals surface area contributed by atoms with Crippen LogP contribution in [0.4, 0.5) is 0 Å². The van der Waals surface area contributed by atoms with Gasteiger partial charge >= 0.3 is 0 Å². The van der Waals surface area contributed by atoms with Crippen molar-refractivity contribution in [3.8, 4) is 0 Å². The fraction of sp³-hybridized carbons (Fsp3) is 0.636. The fourth-order valence-electron chi connectivity index (χ4n) is 3.69. The van der Waals surface area contributed by atoms with Crippen LogP contribution in [0.15, 0.2) is 12.3 Å². The van der Waals surface area contributed by atoms with E-state index in [4.69, 9.17) is 0 Å². The van der Waals surface area contributed by atoms with Crippen molar-refractivity contribution in [1.82, 2.24) is 20.4 Å². The molecule has 10 nitrogen and oxygen atoms in total. The maximum absolute atomic E-state index is 12.5. The number of imide groups is 2. The molecule has 2 unspecified atom stereocenters. The predicted molar refractivity (Wildman–Crippen MR) is 122 cm³/mol. The Labute approximate surface area is 197 Å². The summed E-state index contributed by atoms with van der Waals surface area (Å²) >= 11 is 1.31. The van der Waals surface area contributed by atoms with Crippen LogP contribution < -0.4 is 10.6 Å². The molecule has 2 atom stereocenters. The van der Waals surface area contributed by atoms with Crippen molar-refractivity contribution < 1.29 is 28.8 Å². The monoisotopic (exact) mass is 480 g/mol. The van der Waals surface area contributed by atoms with Crippen molar-refractivity contribution in [3.63, 3.8) is 0 Å². The second kappa shape index (κ2) is 11.0. The number of nitrogens with zero attached hydrogens (tertiary/aromatic N) is 2. The minimum absolute atomic E-state index is 0.00382. The molecule has 2 N–H and O–H groups in total. The van der Waals surface area contributed by atoms with Crippen molar-refractivity contribution >= 4 is 47.2 Å². The third kappa shape index (κ3) is 6.89. The van der Waals surface area contributed by atoms with Gasteiger partial charge < -0.3 is 10.6 Å². The van der Waals surface area contributed by atoms with Crippen LogP contribution in [0.5, 0.6) is 0 Å². The first-order valence-electron chi connectivity index (χ1n) is 10.8. The van der Waals surface area contributed by atoms with Crippen LogP contribution in [-0.2, 0) is 28.8 Å². The first-order valence-corrected chi connectivity index (χ1v) is 12.1. The molecule has 0 aromatic rings. The van der Waals surface area contributed by atoms with Gasteiger partial charge in [-0.25, -0.2) is 0 Å². The second-order valence-electron chi connectivity index (χ2n) is 9.25. The lowest BCUT2D eigenvalue weighted by Gasteiger charge is -2.24. The van der Waals surface area contributed by atoms with Gasteiger partial charge in [0.1, 0.15) is 0 Å². The SMILES string of the molecule is C=C(CNC(=O)CCN1C(=O)CC(C(C)(C)C)C1=O)NC(=O)CCN1C(=O)CC(SC)C1=O. The summed E-state index contributed by atoms with van der Waals surface area (Å²) in [6.07, 6.45) is 1.93. The molecule has 0 spiro atoms. The van der Waals surface area contributed by atoms with Gasteiger partial charge in [0, 0.05) is 44.5 Å². The van der Waals surface area contributed by atoms with Crippen LogP contribution >= 0.6 is 11.8 Å². The van der Waals surface area contributed by atoms with Gasteiger partial charge in [-0.15, -0.1) is 0 Å². The summed E-state index contributed by atoms with van der Waals surface area (Å²) in [4.78, 5) is 75.0. The number of carbonyl (C=O) groups is 6. The average molecular weight is 481 g/mol. The lowest BCUT2D eigenvalue weighted by atomic mass is 9.80. The summed E-state index contributed by atoms with van der Waals surface area (Å²) in [7, 11) is 0. The summed E-state index contributed by atoms with van der Waals surface area (Å²) < 4.78 is 0. The maximum Gasteiger partial charge on any atom is 0.242 e. The molecule has 33 heavy (non-hydrogen) atoms. The quantitative estimate of drug-likeness (QED) is 0.433. The van der Waals surface area contributed by atoms with Crippen LogP contribution in [0.2, 0.25) is 0 Å². The zero-order chi connectivity index (χ0) is 24.9. The number of thioether (sulfide) groups is 1. The van der Waals surface area contributed by atoms with Crippen LogP contribution in [0.3, 0.4) is 0 Å². The van der Waals surface area contributed by atoms with Crippen LogP contribution in [0.25, 0.3) is 0 Å². The zero-order valence-corrected chi connectivity index (χ0v) is 20.4. The summed E-state index contributed by atoms with van der Waals surface area (Å²) in [5, 5.41) is 4.72. The van der Waals surface area contributed by atoms with Gasteiger partial charge in [0.25, 0.3) is 0 Å². The molecule has 0 bridgehead atoms. The Balaban J connectivity index is 1.69. The minimum Gasteiger partial charge on any atom is -0.351 e. The topological polar surface area (TPSA) is 133 Å². The molecule has 2 aliphatic rings. The smallest absolute Gasteiger partial charge is 0.242 e. The van der Waals surface area contributed by atoms with Gasteiger partial charge in [-0.3, -0.25) is 38.6 Å². The molecule has 0 aromatic heterocycles. The highest BCUT2D eigenvalue weighted by molar-refractivity contribution is 8.00. The molecule has 0 aliphatic carbocycles. The Bertz CT molecular complexity index is 865. The van der Waals surface area contributed by atoms with Gasteiger partial charge in [0.15, 0.2) is 0 Å². The van der Waals surface area contributed by atoms with E-state index in [9.17, 15) is 28.8 Å². The van der Waals surface area contributed by atoms with E-state index < -0.39 is 11.2 Å². The second-order valence-corrected chi connectivity index (χ2v) is 10.3. The first kappa shape index (κ1) is 26.6. The molecule has 182 valence electrons. The van der Waals surface area contributed by atoms with E-state index in [2.05, 4.69) is 17.2 Å². The molecular formula is C22H32N4O6S. The van der Waals surface area contributed by atoms with Crippen LogP contribution in [0.1, 0.15) is 46.5 Å². The molecule has 2 fully saturated rings. The molecule has 2 aliphatic heterocycles. The maximum atomic E-state index is 12.5. The Kier molecular flexibility index (Phi) is 8.82. The molecule has 0 saturated carbocycles. The van der Waals surface area contributed by atoms with Gasteiger partial charge in [-0.2, -0.15) is 11.8 Å². The van der Waals surface area contributed by atoms with Gasteiger partial charge in [0.2, 0.25) is 35.4 Å². The Morgan fingerprint density at radius 1 is 0.970 bits per heavy atom. The summed E-state index contributed by atoms with van der Waals surface area (Å²) in [5.74, 6) is -2.30. The highest BCUT2D eigenvalue weighted by Crippen LogP contribution is 2.35. The third-order valence-corrected chi connectivity index (χ3v) is 6.65. The Morgan fingerprint density at radius 2 is 1.52 bits per heavy atom. The Hall–Kier alpha value is -2.69. The number of likely N-dealkylation sites (tertiary alicyclic amines) is 2. The number of carbonyl (C=O) groups excluding carboxylic acids is 6. The number of hydrogen-bond acceptors (Lipinski definition) is 7. The molecule has 2 rings (SSSR count). The van der Waals surface area contributed by atoms with Gasteiger partial charge in [-0.1, -0.05) is 27.4 Å². The summed E-state index contributed by atoms with van der Waals surface area (Å²) in [5.41, 5.74) is -0.0818. The normalized spacial score (nSPS) is 21.1. The zero-order valence-electron chi connectivity index (χ0n) is 19.6. The fourth-order valence-corrected chi connectivity index (χ4v) is 4.33. The van der Waals surface area contributed by atoms with Crippen molar-refractivity contribution in [2.24, 2.45) is 11.3 Å². The lowest BCUT2D eigenvalue weighted by molar-refractivity contribution is -0.141. The summed E-state index contributed by atoms with van der Waals surface area (Å²) in [6, 6.07) is 0. The molecule has 2 heterocycles. The standard InChI is InChI=1S/C22H32N4O6S/c1-13(24-17(28)7-9-26-19(30)11-15(33-5)21(26)32)12-23-16(27)6-8-25-18(29)10-14(20(25)31)22(2,3)4/h14-15H,1,6-12H2,2-5H3,(H,23,27)(H,24,28). The molecule has 6 amide bonds. The van der Waals surface area contributed by atoms with E-state index in [1.807, 2.05) is 20.8 Å². The van der Waals surface area contributed by atoms with Gasteiger partial charge in [-0.05, 0) is 11.7 Å². The minimum atomic E-state index is -0.427. The highest BCUT2D eigenvalue weighted by atomic mass is 32.2. The van der Waals surface area contributed by atoms with E-state index in [0.29, 0.717) is 0 Å². The van der Waals surface area contributed by atoms with Gasteiger partial charge in [0.05, 0.1) is 17.7 Å². The van der Waals surface area contributed by atoms with Crippen molar-refractivity contribution in [2.75, 3.05) is 25.9 Å². The number of hydrogen-bond donors (Lipinski definition) is 2. The molecule has 11 heteroatoms. The number of amides is 6. The van der Waals surface area contributed by atoms with Crippen molar-refractivity contribution in [3.05, 3.63) is 12.3 Å². The average Bonchev–Trinajstić information content (AvgIpc) is 3.17. The van der Waals surface area contributed by atoms with Crippen LogP contribution in [0, 0.1) is 11.3 Å². The van der Waals surface area contributed by atoms with E-state index >= 15 is 0 Å². The molecular weight excluding hydrogens is 448 g/mol. The number of rotatable bonds is 10. The van der Waals surface area contributed by atoms with E-state index in [1.165, 1.54) is 11.8 Å². The van der Waals surface area contributed by atoms with E-state index in [-0.39, 0.29) is 91.9 Å². The molecule has 2 saturated heterocycles. The largest absolute Gasteiger partial charge is 0.351 e. The predicted octanol–water partition coefficient (Wildman–Crippen LogP) is 0.424. The van der Waals surface area contributed by atoms with Crippen molar-refractivity contribution in [2.45, 2.75) is 51.7 Å². The van der Waals surface area contributed by atoms with Crippen LogP contribution in [-0.4, -0.2) is 76.4 Å². The van der Waals surface area contributed by atoms with E-state index in [0.717, 1.165) is 9.80 Å². The number of nitrogens with one attached hydrogen (secondary N) is 2. The first-order chi connectivity index (χ1) is 15.3. The Morgan fingerprint density at radius 3 is 2.03 bits per heavy atom. The summed E-state index contributed by atoms with van der Waals surface area (Å²) in [6.45, 7) is 9.37. The molecule has 0 radical (unpaired) electrons. The highest BCUT2D eigenvalue weighted by Gasteiger charge is 2.44. The van der Waals surface area contributed by atoms with E-state index in [1.54, 1.807) is 6.26 Å². The van der Waals surface area contributed by atoms with Crippen molar-refractivity contribution in [1.29, 1.82) is 0 Å². The lowest BCUT2D eigenvalue weighted by Crippen LogP contribution is -2.38. The third-order valence-electron chi connectivity index (χ3n) is 5.72. The molecule has 0 aromatic carbocycles.